The van der Waals surface area contributed by atoms with Crippen LogP contribution in [-0.4, -0.2) is 20.4 Å². The molecule has 0 aliphatic rings. The second kappa shape index (κ2) is 4.23. The molecule has 0 aliphatic carbocycles. The van der Waals surface area contributed by atoms with E-state index in [4.69, 9.17) is 0 Å². The van der Waals surface area contributed by atoms with E-state index >= 15 is 0 Å². The lowest BCUT2D eigenvalue weighted by Crippen LogP contribution is -2.17. The van der Waals surface area contributed by atoms with Gasteiger partial charge in [0.2, 0.25) is 10.0 Å². The lowest BCUT2D eigenvalue weighted by atomic mass is 10.1. The summed E-state index contributed by atoms with van der Waals surface area (Å²) < 4.78 is 21.5. The van der Waals surface area contributed by atoms with Crippen LogP contribution in [0.3, 0.4) is 0 Å². The minimum Gasteiger partial charge on any atom is -0.206 e. The van der Waals surface area contributed by atoms with E-state index in [9.17, 15) is 8.42 Å². The van der Waals surface area contributed by atoms with Crippen molar-refractivity contribution in [3.8, 4) is 0 Å². The summed E-state index contributed by atoms with van der Waals surface area (Å²) in [6.45, 7) is 1.74. The zero-order chi connectivity index (χ0) is 10.6. The van der Waals surface area contributed by atoms with Crippen molar-refractivity contribution in [1.29, 1.82) is 0 Å². The summed E-state index contributed by atoms with van der Waals surface area (Å²) in [5, 5.41) is 3.74. The molecular formula is C9H12N2O2S. The van der Waals surface area contributed by atoms with Crippen molar-refractivity contribution in [3.05, 3.63) is 35.9 Å². The van der Waals surface area contributed by atoms with Crippen LogP contribution in [0.5, 0.6) is 0 Å². The van der Waals surface area contributed by atoms with Gasteiger partial charge in [0.25, 0.3) is 0 Å². The Morgan fingerprint density at radius 1 is 1.29 bits per heavy atom. The molecule has 0 radical (unpaired) electrons. The van der Waals surface area contributed by atoms with Crippen molar-refractivity contribution in [2.45, 2.75) is 6.92 Å². The van der Waals surface area contributed by atoms with E-state index in [2.05, 4.69) is 9.93 Å². The maximum absolute atomic E-state index is 10.7. The average Bonchev–Trinajstić information content (AvgIpc) is 2.14. The zero-order valence-corrected chi connectivity index (χ0v) is 8.88. The van der Waals surface area contributed by atoms with Gasteiger partial charge >= 0.3 is 0 Å². The number of hydrogen-bond acceptors (Lipinski definition) is 3. The molecule has 0 unspecified atom stereocenters. The van der Waals surface area contributed by atoms with Crippen LogP contribution in [0.25, 0.3) is 0 Å². The molecule has 4 nitrogen and oxygen atoms in total. The molecule has 0 aliphatic heterocycles. The third-order valence-electron chi connectivity index (χ3n) is 1.57. The lowest BCUT2D eigenvalue weighted by molar-refractivity contribution is 0.590. The van der Waals surface area contributed by atoms with Gasteiger partial charge in [0.05, 0.1) is 12.0 Å². The van der Waals surface area contributed by atoms with E-state index in [1.165, 1.54) is 0 Å². The molecule has 1 aromatic rings. The number of hydrogen-bond donors (Lipinski definition) is 1. The second-order valence-corrected chi connectivity index (χ2v) is 4.65. The summed E-state index contributed by atoms with van der Waals surface area (Å²) in [4.78, 5) is 2.08. The third kappa shape index (κ3) is 3.57. The number of sulfonamides is 1. The summed E-state index contributed by atoms with van der Waals surface area (Å²) in [7, 11) is -3.26. The summed E-state index contributed by atoms with van der Waals surface area (Å²) in [6, 6.07) is 9.36. The predicted molar refractivity (Wildman–Crippen MR) is 56.6 cm³/mol. The van der Waals surface area contributed by atoms with Crippen molar-refractivity contribution in [2.75, 3.05) is 6.26 Å². The van der Waals surface area contributed by atoms with Crippen LogP contribution >= 0.6 is 0 Å². The molecular weight excluding hydrogens is 200 g/mol. The largest absolute Gasteiger partial charge is 0.244 e. The number of rotatable bonds is 3. The Morgan fingerprint density at radius 3 is 2.36 bits per heavy atom. The monoisotopic (exact) mass is 212 g/mol. The highest BCUT2D eigenvalue weighted by Gasteiger charge is 1.98. The maximum Gasteiger partial charge on any atom is 0.244 e. The molecule has 0 saturated carbocycles. The first-order valence-corrected chi connectivity index (χ1v) is 5.95. The van der Waals surface area contributed by atoms with Crippen LogP contribution in [0.15, 0.2) is 35.4 Å². The predicted octanol–water partition coefficient (Wildman–Crippen LogP) is 0.960. The van der Waals surface area contributed by atoms with Crippen LogP contribution in [0.4, 0.5) is 0 Å². The minimum absolute atomic E-state index is 0.635. The van der Waals surface area contributed by atoms with Crippen LogP contribution in [0.2, 0.25) is 0 Å². The van der Waals surface area contributed by atoms with E-state index in [0.29, 0.717) is 5.71 Å². The van der Waals surface area contributed by atoms with Gasteiger partial charge in [-0.2, -0.15) is 5.10 Å². The Labute approximate surface area is 83.7 Å². The van der Waals surface area contributed by atoms with Crippen LogP contribution < -0.4 is 4.83 Å². The molecule has 0 atom stereocenters. The number of nitrogens with one attached hydrogen (secondary N) is 1. The standard InChI is InChI=1S/C9H12N2O2S/c1-8(10-11-14(2,12)13)9-6-4-3-5-7-9/h3-7,11H,1-2H3. The van der Waals surface area contributed by atoms with Gasteiger partial charge in [0.15, 0.2) is 0 Å². The number of nitrogens with zero attached hydrogens (tertiary/aromatic N) is 1. The van der Waals surface area contributed by atoms with Crippen LogP contribution in [0, 0.1) is 0 Å². The Morgan fingerprint density at radius 2 is 1.86 bits per heavy atom. The Kier molecular flexibility index (Phi) is 3.24. The molecule has 14 heavy (non-hydrogen) atoms. The highest BCUT2D eigenvalue weighted by atomic mass is 32.2. The van der Waals surface area contributed by atoms with Gasteiger partial charge in [-0.05, 0) is 12.5 Å². The van der Waals surface area contributed by atoms with E-state index in [1.807, 2.05) is 30.3 Å². The number of hydrazone groups is 1. The maximum atomic E-state index is 10.7. The summed E-state index contributed by atoms with van der Waals surface area (Å²) in [5.74, 6) is 0. The van der Waals surface area contributed by atoms with Crippen LogP contribution in [0.1, 0.15) is 12.5 Å². The summed E-state index contributed by atoms with van der Waals surface area (Å²) >= 11 is 0. The lowest BCUT2D eigenvalue weighted by Gasteiger charge is -2.00. The van der Waals surface area contributed by atoms with Gasteiger partial charge < -0.3 is 0 Å². The topological polar surface area (TPSA) is 58.5 Å². The fourth-order valence-electron chi connectivity index (χ4n) is 0.895. The van der Waals surface area contributed by atoms with Gasteiger partial charge in [0, 0.05) is 0 Å². The molecule has 0 heterocycles. The first-order valence-electron chi connectivity index (χ1n) is 4.05. The number of benzene rings is 1. The zero-order valence-electron chi connectivity index (χ0n) is 8.06. The van der Waals surface area contributed by atoms with Gasteiger partial charge in [-0.15, -0.1) is 0 Å². The highest BCUT2D eigenvalue weighted by molar-refractivity contribution is 7.88. The molecule has 76 valence electrons. The molecule has 1 N–H and O–H groups in total. The summed E-state index contributed by atoms with van der Waals surface area (Å²) in [6.07, 6.45) is 1.06. The van der Waals surface area contributed by atoms with Crippen molar-refractivity contribution >= 4 is 15.7 Å². The second-order valence-electron chi connectivity index (χ2n) is 2.93. The van der Waals surface area contributed by atoms with Crippen molar-refractivity contribution < 1.29 is 8.42 Å². The van der Waals surface area contributed by atoms with E-state index in [-0.39, 0.29) is 0 Å². The molecule has 0 fully saturated rings. The molecule has 0 aromatic heterocycles. The van der Waals surface area contributed by atoms with Crippen LogP contribution in [-0.2, 0) is 10.0 Å². The fraction of sp³-hybridized carbons (Fsp3) is 0.222. The molecule has 1 rings (SSSR count). The normalized spacial score (nSPS) is 12.6. The third-order valence-corrected chi connectivity index (χ3v) is 1.99. The first kappa shape index (κ1) is 10.7. The average molecular weight is 212 g/mol. The van der Waals surface area contributed by atoms with Gasteiger partial charge in [0.1, 0.15) is 0 Å². The fourth-order valence-corrected chi connectivity index (χ4v) is 1.20. The highest BCUT2D eigenvalue weighted by Crippen LogP contribution is 1.99. The Bertz CT molecular complexity index is 423. The van der Waals surface area contributed by atoms with E-state index in [1.54, 1.807) is 6.92 Å². The minimum atomic E-state index is -3.26. The van der Waals surface area contributed by atoms with Gasteiger partial charge in [-0.3, -0.25) is 0 Å². The van der Waals surface area contributed by atoms with Gasteiger partial charge in [-0.1, -0.05) is 30.3 Å². The van der Waals surface area contributed by atoms with Crippen molar-refractivity contribution in [3.63, 3.8) is 0 Å². The van der Waals surface area contributed by atoms with Crippen molar-refractivity contribution in [2.24, 2.45) is 5.10 Å². The first-order chi connectivity index (χ1) is 6.49. The quantitative estimate of drug-likeness (QED) is 0.599. The molecule has 0 bridgehead atoms. The molecule has 5 heteroatoms. The molecule has 0 amide bonds. The smallest absolute Gasteiger partial charge is 0.206 e. The van der Waals surface area contributed by atoms with E-state index < -0.39 is 10.0 Å². The molecule has 0 spiro atoms. The van der Waals surface area contributed by atoms with Crippen molar-refractivity contribution in [1.82, 2.24) is 4.83 Å². The molecule has 1 aromatic carbocycles. The molecule has 0 saturated heterocycles. The SMILES string of the molecule is CC(=NNS(C)(=O)=O)c1ccccc1. The summed E-state index contributed by atoms with van der Waals surface area (Å²) in [5.41, 5.74) is 1.53. The van der Waals surface area contributed by atoms with E-state index in [0.717, 1.165) is 11.8 Å². The van der Waals surface area contributed by atoms with Gasteiger partial charge in [-0.25, -0.2) is 13.2 Å². The Hall–Kier alpha value is -1.36. The Balaban J connectivity index is 2.81.